The monoisotopic (exact) mass is 336 g/mol. The fourth-order valence-electron chi connectivity index (χ4n) is 2.38. The third-order valence-corrected chi connectivity index (χ3v) is 3.78. The molecule has 128 valence electrons. The molecule has 0 spiro atoms. The zero-order valence-corrected chi connectivity index (χ0v) is 14.3. The van der Waals surface area contributed by atoms with E-state index in [2.05, 4.69) is 20.8 Å². The van der Waals surface area contributed by atoms with Gasteiger partial charge in [-0.2, -0.15) is 5.10 Å². The van der Waals surface area contributed by atoms with Crippen molar-refractivity contribution in [2.75, 3.05) is 19.0 Å². The normalized spacial score (nSPS) is 11.1. The van der Waals surface area contributed by atoms with E-state index in [0.717, 1.165) is 22.3 Å². The Bertz CT molecular complexity index is 882. The topological polar surface area (TPSA) is 75.4 Å². The minimum Gasteiger partial charge on any atom is -0.378 e. The van der Waals surface area contributed by atoms with Crippen LogP contribution in [0.25, 0.3) is 11.0 Å². The zero-order valence-electron chi connectivity index (χ0n) is 14.3. The number of benzene rings is 2. The Morgan fingerprint density at radius 2 is 1.96 bits per heavy atom. The van der Waals surface area contributed by atoms with E-state index in [1.54, 1.807) is 10.9 Å². The molecule has 0 saturated heterocycles. The van der Waals surface area contributed by atoms with Gasteiger partial charge in [0.1, 0.15) is 5.52 Å². The fourth-order valence-corrected chi connectivity index (χ4v) is 2.38. The van der Waals surface area contributed by atoms with Gasteiger partial charge in [0.15, 0.2) is 0 Å². The molecule has 7 heteroatoms. The van der Waals surface area contributed by atoms with E-state index >= 15 is 0 Å². The number of carbonyl (C=O) groups excluding carboxylic acids is 1. The number of fused-ring (bicyclic) bond motifs is 1. The summed E-state index contributed by atoms with van der Waals surface area (Å²) in [7, 11) is 3.98. The molecular formula is C18H20N6O. The van der Waals surface area contributed by atoms with E-state index < -0.39 is 0 Å². The highest BCUT2D eigenvalue weighted by atomic mass is 16.2. The molecule has 0 aliphatic rings. The van der Waals surface area contributed by atoms with Gasteiger partial charge in [0.25, 0.3) is 0 Å². The largest absolute Gasteiger partial charge is 0.378 e. The molecule has 1 heterocycles. The first-order chi connectivity index (χ1) is 12.1. The fraction of sp³-hybridized carbons (Fsp3) is 0.222. The van der Waals surface area contributed by atoms with Crippen LogP contribution in [0, 0.1) is 0 Å². The molecule has 0 aliphatic carbocycles. The van der Waals surface area contributed by atoms with Gasteiger partial charge in [0.05, 0.1) is 18.3 Å². The number of rotatable bonds is 6. The van der Waals surface area contributed by atoms with Gasteiger partial charge in [0, 0.05) is 26.2 Å². The van der Waals surface area contributed by atoms with Crippen LogP contribution in [-0.2, 0) is 11.3 Å². The van der Waals surface area contributed by atoms with Crippen molar-refractivity contribution in [1.82, 2.24) is 20.4 Å². The Hall–Kier alpha value is -3.22. The number of hydrazone groups is 1. The van der Waals surface area contributed by atoms with Gasteiger partial charge in [-0.3, -0.25) is 4.79 Å². The minimum atomic E-state index is -0.166. The van der Waals surface area contributed by atoms with Crippen molar-refractivity contribution < 1.29 is 4.79 Å². The lowest BCUT2D eigenvalue weighted by molar-refractivity contribution is -0.121. The maximum absolute atomic E-state index is 11.9. The molecule has 0 saturated carbocycles. The van der Waals surface area contributed by atoms with Crippen LogP contribution in [0.5, 0.6) is 0 Å². The summed E-state index contributed by atoms with van der Waals surface area (Å²) in [6.45, 7) is 0.458. The van der Waals surface area contributed by atoms with E-state index in [4.69, 9.17) is 0 Å². The molecule has 0 unspecified atom stereocenters. The summed E-state index contributed by atoms with van der Waals surface area (Å²) in [5, 5.41) is 12.1. The summed E-state index contributed by atoms with van der Waals surface area (Å²) in [6.07, 6.45) is 1.91. The van der Waals surface area contributed by atoms with Gasteiger partial charge in [0.2, 0.25) is 5.91 Å². The van der Waals surface area contributed by atoms with E-state index in [0.29, 0.717) is 6.54 Å². The number of aromatic nitrogens is 3. The first kappa shape index (κ1) is 16.6. The van der Waals surface area contributed by atoms with Crippen LogP contribution < -0.4 is 10.3 Å². The Morgan fingerprint density at radius 3 is 2.72 bits per heavy atom. The van der Waals surface area contributed by atoms with Crippen LogP contribution in [0.2, 0.25) is 0 Å². The molecule has 0 aliphatic heterocycles. The van der Waals surface area contributed by atoms with E-state index in [1.165, 1.54) is 0 Å². The van der Waals surface area contributed by atoms with Crippen molar-refractivity contribution in [2.45, 2.75) is 13.0 Å². The number of aryl methyl sites for hydroxylation is 1. The molecule has 0 radical (unpaired) electrons. The molecule has 3 aromatic rings. The highest BCUT2D eigenvalue weighted by Crippen LogP contribution is 2.11. The van der Waals surface area contributed by atoms with Gasteiger partial charge in [-0.25, -0.2) is 10.1 Å². The van der Waals surface area contributed by atoms with E-state index in [-0.39, 0.29) is 12.3 Å². The van der Waals surface area contributed by atoms with Crippen LogP contribution >= 0.6 is 0 Å². The van der Waals surface area contributed by atoms with Crippen molar-refractivity contribution in [2.24, 2.45) is 5.10 Å². The summed E-state index contributed by atoms with van der Waals surface area (Å²) in [5.41, 5.74) is 6.31. The highest BCUT2D eigenvalue weighted by molar-refractivity contribution is 5.83. The quantitative estimate of drug-likeness (QED) is 0.552. The third-order valence-electron chi connectivity index (χ3n) is 3.78. The smallest absolute Gasteiger partial charge is 0.241 e. The first-order valence-electron chi connectivity index (χ1n) is 8.01. The number of nitrogens with one attached hydrogen (secondary N) is 1. The number of hydrogen-bond acceptors (Lipinski definition) is 5. The number of hydrogen-bond donors (Lipinski definition) is 1. The van der Waals surface area contributed by atoms with Crippen LogP contribution in [0.3, 0.4) is 0 Å². The van der Waals surface area contributed by atoms with Crippen LogP contribution in [0.4, 0.5) is 5.69 Å². The second kappa shape index (κ2) is 7.57. The number of para-hydroxylation sites is 1. The van der Waals surface area contributed by atoms with Crippen molar-refractivity contribution in [3.05, 3.63) is 54.1 Å². The van der Waals surface area contributed by atoms with Crippen LogP contribution in [-0.4, -0.2) is 41.2 Å². The lowest BCUT2D eigenvalue weighted by Crippen LogP contribution is -2.19. The number of anilines is 1. The average molecular weight is 336 g/mol. The summed E-state index contributed by atoms with van der Waals surface area (Å²) < 4.78 is 1.72. The Morgan fingerprint density at radius 1 is 1.20 bits per heavy atom. The summed E-state index contributed by atoms with van der Waals surface area (Å²) in [5.74, 6) is -0.166. The van der Waals surface area contributed by atoms with E-state index in [1.807, 2.05) is 67.5 Å². The lowest BCUT2D eigenvalue weighted by Gasteiger charge is -2.11. The molecule has 7 nitrogen and oxygen atoms in total. The zero-order chi connectivity index (χ0) is 17.6. The van der Waals surface area contributed by atoms with Crippen molar-refractivity contribution in [3.8, 4) is 0 Å². The van der Waals surface area contributed by atoms with Crippen molar-refractivity contribution in [3.63, 3.8) is 0 Å². The summed E-state index contributed by atoms with van der Waals surface area (Å²) in [6, 6.07) is 15.6. The summed E-state index contributed by atoms with van der Waals surface area (Å²) in [4.78, 5) is 13.9. The second-order valence-electron chi connectivity index (χ2n) is 5.83. The molecule has 1 amide bonds. The van der Waals surface area contributed by atoms with Gasteiger partial charge in [-0.05, 0) is 29.8 Å². The minimum absolute atomic E-state index is 0.166. The Kier molecular flexibility index (Phi) is 5.03. The van der Waals surface area contributed by atoms with Gasteiger partial charge in [-0.1, -0.05) is 29.5 Å². The number of nitrogens with zero attached hydrogens (tertiary/aromatic N) is 5. The molecule has 3 rings (SSSR count). The molecule has 1 N–H and O–H groups in total. The van der Waals surface area contributed by atoms with Crippen molar-refractivity contribution >= 4 is 28.8 Å². The Labute approximate surface area is 145 Å². The van der Waals surface area contributed by atoms with Crippen molar-refractivity contribution in [1.29, 1.82) is 0 Å². The maximum atomic E-state index is 11.9. The van der Waals surface area contributed by atoms with Gasteiger partial charge >= 0.3 is 0 Å². The standard InChI is InChI=1S/C18H20N6O/c1-23(2)15-9-7-14(8-10-15)13-19-21-18(25)11-12-24-17-6-4-3-5-16(17)20-22-24/h3-10,13H,11-12H2,1-2H3,(H,21,25). The third kappa shape index (κ3) is 4.20. The molecule has 0 fully saturated rings. The SMILES string of the molecule is CN(C)c1ccc(C=NNC(=O)CCn2nnc3ccccc32)cc1. The molecule has 2 aromatic carbocycles. The predicted molar refractivity (Wildman–Crippen MR) is 98.7 cm³/mol. The maximum Gasteiger partial charge on any atom is 0.241 e. The second-order valence-corrected chi connectivity index (χ2v) is 5.83. The number of amides is 1. The van der Waals surface area contributed by atoms with E-state index in [9.17, 15) is 4.79 Å². The summed E-state index contributed by atoms with van der Waals surface area (Å²) >= 11 is 0. The number of carbonyl (C=O) groups is 1. The molecule has 0 bridgehead atoms. The Balaban J connectivity index is 1.51. The molecular weight excluding hydrogens is 316 g/mol. The van der Waals surface area contributed by atoms with Gasteiger partial charge in [-0.15, -0.1) is 5.10 Å². The molecule has 25 heavy (non-hydrogen) atoms. The molecule has 1 aromatic heterocycles. The van der Waals surface area contributed by atoms with Gasteiger partial charge < -0.3 is 4.90 Å². The average Bonchev–Trinajstić information content (AvgIpc) is 3.03. The first-order valence-corrected chi connectivity index (χ1v) is 8.01. The predicted octanol–water partition coefficient (Wildman–Crippen LogP) is 2.04. The highest BCUT2D eigenvalue weighted by Gasteiger charge is 2.06. The van der Waals surface area contributed by atoms with Crippen LogP contribution in [0.1, 0.15) is 12.0 Å². The van der Waals surface area contributed by atoms with Crippen LogP contribution in [0.15, 0.2) is 53.6 Å². The molecule has 0 atom stereocenters. The lowest BCUT2D eigenvalue weighted by atomic mass is 10.2.